The lowest BCUT2D eigenvalue weighted by Gasteiger charge is -2.01. The smallest absolute Gasteiger partial charge is 0.337 e. The molecule has 1 aromatic carbocycles. The van der Waals surface area contributed by atoms with E-state index in [4.69, 9.17) is 20.4 Å². The highest BCUT2D eigenvalue weighted by atomic mass is 16.4. The predicted octanol–water partition coefficient (Wildman–Crippen LogP) is 13.4. The molecular weight excluding hydrogens is 695 g/mol. The van der Waals surface area contributed by atoms with Gasteiger partial charge in [0.05, 0.1) is 11.1 Å². The lowest BCUT2D eigenvalue weighted by molar-refractivity contribution is -0.138. The number of hydrogen-bond acceptors (Lipinski definition) is 5. The molecule has 2 aromatic rings. The van der Waals surface area contributed by atoms with Gasteiger partial charge in [0.15, 0.2) is 0 Å². The number of aromatic nitrogens is 1. The van der Waals surface area contributed by atoms with Crippen LogP contribution in [0.25, 0.3) is 0 Å². The number of nitrogens with zero attached hydrogens (tertiary/aromatic N) is 1. The molecule has 0 bridgehead atoms. The van der Waals surface area contributed by atoms with Gasteiger partial charge in [0.25, 0.3) is 0 Å². The van der Waals surface area contributed by atoms with Crippen LogP contribution in [0.2, 0.25) is 0 Å². The summed E-state index contributed by atoms with van der Waals surface area (Å²) in [5.41, 5.74) is 1.40. The first-order chi connectivity index (χ1) is 26.6. The zero-order valence-corrected chi connectivity index (χ0v) is 34.5. The lowest BCUT2D eigenvalue weighted by Crippen LogP contribution is -1.97. The first kappa shape index (κ1) is 53.1. The van der Waals surface area contributed by atoms with E-state index in [1.165, 1.54) is 147 Å². The number of pyridine rings is 1. The van der Waals surface area contributed by atoms with Gasteiger partial charge in [0.1, 0.15) is 0 Å². The van der Waals surface area contributed by atoms with Crippen molar-refractivity contribution in [2.75, 3.05) is 0 Å². The molecule has 0 aliphatic heterocycles. The summed E-state index contributed by atoms with van der Waals surface area (Å²) in [6, 6.07) is 10.00. The van der Waals surface area contributed by atoms with Gasteiger partial charge in [0, 0.05) is 25.2 Å². The standard InChI is InChI=1S/C18H34O2.C14H28O2.C8H8O2.C6H5NO2/c1-2-3-4-5-6-7-8-9-10-11-12-13-14-15-16-17-18(19)20;1-2-3-4-5-6-7-8-9-10-11-12-13-14(15)16;1-6-4-2-3-5-7(6)8(9)10;8-6(9)5-2-1-3-7-4-5/h9-10H,2-8,11-17H2,1H3,(H,19,20);2-13H2,1H3,(H,15,16);2-5H,1H3,(H,9,10);1-4H,(H,8,9)/b10-9-;;;. The molecule has 0 amide bonds. The number of unbranched alkanes of at least 4 members (excludes halogenated alkanes) is 21. The van der Waals surface area contributed by atoms with Crippen molar-refractivity contribution in [1.82, 2.24) is 4.98 Å². The Labute approximate surface area is 333 Å². The van der Waals surface area contributed by atoms with Gasteiger partial charge < -0.3 is 20.4 Å². The third-order valence-electron chi connectivity index (χ3n) is 8.93. The molecule has 0 saturated carbocycles. The minimum atomic E-state index is -0.942. The van der Waals surface area contributed by atoms with E-state index < -0.39 is 23.9 Å². The molecule has 0 atom stereocenters. The zero-order valence-electron chi connectivity index (χ0n) is 34.5. The van der Waals surface area contributed by atoms with Crippen molar-refractivity contribution in [3.05, 3.63) is 77.6 Å². The lowest BCUT2D eigenvalue weighted by atomic mass is 10.1. The maximum atomic E-state index is 10.4. The summed E-state index contributed by atoms with van der Waals surface area (Å²) in [6.07, 6.45) is 38.4. The summed E-state index contributed by atoms with van der Waals surface area (Å²) in [7, 11) is 0. The van der Waals surface area contributed by atoms with Crippen LogP contribution >= 0.6 is 0 Å². The monoisotopic (exact) mass is 770 g/mol. The normalized spacial score (nSPS) is 10.3. The first-order valence-electron chi connectivity index (χ1n) is 21.1. The van der Waals surface area contributed by atoms with E-state index in [2.05, 4.69) is 31.0 Å². The van der Waals surface area contributed by atoms with Crippen LogP contribution in [0.1, 0.15) is 207 Å². The van der Waals surface area contributed by atoms with Crippen LogP contribution < -0.4 is 0 Å². The number of aromatic carboxylic acids is 2. The molecule has 55 heavy (non-hydrogen) atoms. The van der Waals surface area contributed by atoms with E-state index >= 15 is 0 Å². The van der Waals surface area contributed by atoms with E-state index in [9.17, 15) is 19.2 Å². The Bertz CT molecular complexity index is 1230. The van der Waals surface area contributed by atoms with E-state index in [0.29, 0.717) is 18.4 Å². The highest BCUT2D eigenvalue weighted by Crippen LogP contribution is 2.12. The fourth-order valence-electron chi connectivity index (χ4n) is 5.59. The molecule has 1 heterocycles. The summed E-state index contributed by atoms with van der Waals surface area (Å²) in [5, 5.41) is 33.9. The minimum Gasteiger partial charge on any atom is -0.481 e. The second-order valence-corrected chi connectivity index (χ2v) is 14.1. The number of carbonyl (C=O) groups is 4. The molecule has 0 spiro atoms. The van der Waals surface area contributed by atoms with Crippen LogP contribution in [-0.4, -0.2) is 49.3 Å². The molecule has 9 heteroatoms. The van der Waals surface area contributed by atoms with Crippen molar-refractivity contribution in [2.45, 2.75) is 188 Å². The molecule has 312 valence electrons. The van der Waals surface area contributed by atoms with Gasteiger partial charge in [-0.1, -0.05) is 160 Å². The van der Waals surface area contributed by atoms with Crippen LogP contribution in [0, 0.1) is 6.92 Å². The molecule has 0 radical (unpaired) electrons. The van der Waals surface area contributed by atoms with Crippen molar-refractivity contribution in [2.24, 2.45) is 0 Å². The summed E-state index contributed by atoms with van der Waals surface area (Å²) in [6.45, 7) is 6.29. The van der Waals surface area contributed by atoms with Crippen LogP contribution in [0.15, 0.2) is 60.9 Å². The van der Waals surface area contributed by atoms with Gasteiger partial charge in [-0.05, 0) is 69.2 Å². The Hall–Kier alpha value is -4.01. The van der Waals surface area contributed by atoms with E-state index in [1.807, 2.05) is 6.07 Å². The van der Waals surface area contributed by atoms with Gasteiger partial charge in [-0.25, -0.2) is 9.59 Å². The number of rotatable bonds is 29. The Balaban J connectivity index is 0. The summed E-state index contributed by atoms with van der Waals surface area (Å²) in [4.78, 5) is 44.8. The van der Waals surface area contributed by atoms with Crippen LogP contribution in [-0.2, 0) is 9.59 Å². The summed E-state index contributed by atoms with van der Waals surface area (Å²) >= 11 is 0. The summed E-state index contributed by atoms with van der Waals surface area (Å²) in [5.74, 6) is -3.13. The average Bonchev–Trinajstić information content (AvgIpc) is 3.16. The average molecular weight is 770 g/mol. The Morgan fingerprint density at radius 1 is 0.509 bits per heavy atom. The molecule has 9 nitrogen and oxygen atoms in total. The number of aliphatic carboxylic acids is 2. The molecule has 0 fully saturated rings. The summed E-state index contributed by atoms with van der Waals surface area (Å²) < 4.78 is 0. The van der Waals surface area contributed by atoms with Crippen LogP contribution in [0.4, 0.5) is 0 Å². The molecule has 0 aliphatic rings. The van der Waals surface area contributed by atoms with Crippen molar-refractivity contribution in [3.8, 4) is 0 Å². The van der Waals surface area contributed by atoms with Gasteiger partial charge in [-0.3, -0.25) is 14.6 Å². The first-order valence-corrected chi connectivity index (χ1v) is 21.1. The number of benzene rings is 1. The predicted molar refractivity (Wildman–Crippen MR) is 225 cm³/mol. The Morgan fingerprint density at radius 2 is 0.909 bits per heavy atom. The Kier molecular flexibility index (Phi) is 39.7. The van der Waals surface area contributed by atoms with Gasteiger partial charge >= 0.3 is 23.9 Å². The second kappa shape index (κ2) is 41.2. The van der Waals surface area contributed by atoms with Crippen molar-refractivity contribution in [1.29, 1.82) is 0 Å². The quantitative estimate of drug-likeness (QED) is 0.0466. The largest absolute Gasteiger partial charge is 0.481 e. The molecular formula is C46H75NO8. The third kappa shape index (κ3) is 41.0. The number of carboxylic acid groups (broad SMARTS) is 4. The molecule has 1 aromatic heterocycles. The van der Waals surface area contributed by atoms with Crippen molar-refractivity contribution >= 4 is 23.9 Å². The van der Waals surface area contributed by atoms with E-state index in [-0.39, 0.29) is 5.56 Å². The van der Waals surface area contributed by atoms with Gasteiger partial charge in [0.2, 0.25) is 0 Å². The Morgan fingerprint density at radius 3 is 1.22 bits per heavy atom. The number of hydrogen-bond donors (Lipinski definition) is 4. The van der Waals surface area contributed by atoms with Crippen LogP contribution in [0.5, 0.6) is 0 Å². The zero-order chi connectivity index (χ0) is 41.2. The molecule has 0 aliphatic carbocycles. The minimum absolute atomic E-state index is 0.220. The van der Waals surface area contributed by atoms with Gasteiger partial charge in [-0.2, -0.15) is 0 Å². The second-order valence-electron chi connectivity index (χ2n) is 14.1. The van der Waals surface area contributed by atoms with E-state index in [1.54, 1.807) is 31.2 Å². The van der Waals surface area contributed by atoms with Gasteiger partial charge in [-0.15, -0.1) is 0 Å². The molecule has 2 rings (SSSR count). The van der Waals surface area contributed by atoms with Crippen LogP contribution in [0.3, 0.4) is 0 Å². The topological polar surface area (TPSA) is 162 Å². The van der Waals surface area contributed by atoms with Crippen molar-refractivity contribution in [3.63, 3.8) is 0 Å². The van der Waals surface area contributed by atoms with Crippen molar-refractivity contribution < 1.29 is 39.6 Å². The SMILES string of the molecule is CCCCCCCC/C=C\CCCCCCCC(=O)O.CCCCCCCCCCCCCC(=O)O.Cc1ccccc1C(=O)O.O=C(O)c1cccnc1. The third-order valence-corrected chi connectivity index (χ3v) is 8.93. The number of carboxylic acids is 4. The number of allylic oxidation sites excluding steroid dienone is 2. The fraction of sp³-hybridized carbons (Fsp3) is 0.630. The highest BCUT2D eigenvalue weighted by Gasteiger charge is 2.03. The maximum absolute atomic E-state index is 10.4. The van der Waals surface area contributed by atoms with E-state index in [0.717, 1.165) is 31.2 Å². The number of aryl methyl sites for hydroxylation is 1. The maximum Gasteiger partial charge on any atom is 0.337 e. The molecule has 0 saturated heterocycles. The molecule has 4 N–H and O–H groups in total. The molecule has 0 unspecified atom stereocenters. The highest BCUT2D eigenvalue weighted by molar-refractivity contribution is 5.89. The fourth-order valence-corrected chi connectivity index (χ4v) is 5.59.